The number of hydrogen-bond acceptors (Lipinski definition) is 5. The van der Waals surface area contributed by atoms with Gasteiger partial charge in [-0.25, -0.2) is 14.7 Å². The van der Waals surface area contributed by atoms with Gasteiger partial charge in [-0.15, -0.1) is 24.0 Å². The van der Waals surface area contributed by atoms with Gasteiger partial charge in [0.25, 0.3) is 0 Å². The molecule has 0 aliphatic carbocycles. The van der Waals surface area contributed by atoms with Crippen molar-refractivity contribution in [2.75, 3.05) is 26.7 Å². The minimum absolute atomic E-state index is 0. The largest absolute Gasteiger partial charge is 0.469 e. The van der Waals surface area contributed by atoms with Crippen molar-refractivity contribution in [2.24, 2.45) is 10.9 Å². The molecule has 3 rings (SSSR count). The summed E-state index contributed by atoms with van der Waals surface area (Å²) >= 11 is 0. The zero-order valence-electron chi connectivity index (χ0n) is 17.0. The predicted octanol–water partition coefficient (Wildman–Crippen LogP) is 2.29. The van der Waals surface area contributed by atoms with Gasteiger partial charge in [-0.2, -0.15) is 5.10 Å². The van der Waals surface area contributed by atoms with Crippen molar-refractivity contribution in [3.05, 3.63) is 48.0 Å². The Morgan fingerprint density at radius 1 is 1.31 bits per heavy atom. The summed E-state index contributed by atoms with van der Waals surface area (Å²) in [4.78, 5) is 22.8. The van der Waals surface area contributed by atoms with E-state index >= 15 is 0 Å². The van der Waals surface area contributed by atoms with Crippen molar-refractivity contribution in [2.45, 2.75) is 32.9 Å². The maximum Gasteiger partial charge on any atom is 0.308 e. The number of nitrogens with zero attached hydrogens (tertiary/aromatic N) is 5. The molecule has 1 N–H and O–H groups in total. The SMILES string of the molecule is CCNC(=NCc1cccc(Cn2cncn2)c1)N1CCC(C(=O)OC)CC1.I. The molecule has 1 aromatic carbocycles. The van der Waals surface area contributed by atoms with Crippen LogP contribution in [0.5, 0.6) is 0 Å². The number of ether oxygens (including phenoxy) is 1. The molecule has 9 heteroatoms. The highest BCUT2D eigenvalue weighted by Gasteiger charge is 2.26. The maximum absolute atomic E-state index is 11.7. The fourth-order valence-electron chi connectivity index (χ4n) is 3.41. The number of esters is 1. The van der Waals surface area contributed by atoms with Crippen molar-refractivity contribution < 1.29 is 9.53 Å². The predicted molar refractivity (Wildman–Crippen MR) is 122 cm³/mol. The van der Waals surface area contributed by atoms with Gasteiger partial charge in [0.15, 0.2) is 5.96 Å². The van der Waals surface area contributed by atoms with Gasteiger partial charge in [0.05, 0.1) is 26.1 Å². The number of methoxy groups -OCH3 is 1. The number of piperidine rings is 1. The first-order chi connectivity index (χ1) is 13.7. The summed E-state index contributed by atoms with van der Waals surface area (Å²) in [6.07, 6.45) is 4.85. The minimum Gasteiger partial charge on any atom is -0.469 e. The van der Waals surface area contributed by atoms with Crippen LogP contribution in [0, 0.1) is 5.92 Å². The second kappa shape index (κ2) is 11.7. The molecular formula is C20H29IN6O2. The van der Waals surface area contributed by atoms with Crippen molar-refractivity contribution >= 4 is 35.9 Å². The van der Waals surface area contributed by atoms with E-state index in [1.54, 1.807) is 17.3 Å². The summed E-state index contributed by atoms with van der Waals surface area (Å²) in [5.74, 6) is 0.788. The summed E-state index contributed by atoms with van der Waals surface area (Å²) in [5.41, 5.74) is 2.32. The van der Waals surface area contributed by atoms with Crippen LogP contribution in [0.2, 0.25) is 0 Å². The summed E-state index contributed by atoms with van der Waals surface area (Å²) in [7, 11) is 1.46. The quantitative estimate of drug-likeness (QED) is 0.277. The fraction of sp³-hybridized carbons (Fsp3) is 0.500. The molecule has 0 bridgehead atoms. The number of aromatic nitrogens is 3. The Hall–Kier alpha value is -2.17. The van der Waals surface area contributed by atoms with Gasteiger partial charge in [0.2, 0.25) is 0 Å². The summed E-state index contributed by atoms with van der Waals surface area (Å²) in [6.45, 7) is 5.77. The number of hydrogen-bond donors (Lipinski definition) is 1. The molecule has 0 amide bonds. The Labute approximate surface area is 188 Å². The Bertz CT molecular complexity index is 788. The van der Waals surface area contributed by atoms with E-state index in [0.717, 1.165) is 44.0 Å². The Morgan fingerprint density at radius 2 is 2.07 bits per heavy atom. The summed E-state index contributed by atoms with van der Waals surface area (Å²) in [6, 6.07) is 8.36. The van der Waals surface area contributed by atoms with Gasteiger partial charge in [-0.1, -0.05) is 24.3 Å². The van der Waals surface area contributed by atoms with Crippen molar-refractivity contribution in [3.8, 4) is 0 Å². The highest BCUT2D eigenvalue weighted by molar-refractivity contribution is 14.0. The molecule has 8 nitrogen and oxygen atoms in total. The Kier molecular flexibility index (Phi) is 9.36. The third-order valence-corrected chi connectivity index (χ3v) is 4.88. The first-order valence-corrected chi connectivity index (χ1v) is 9.71. The van der Waals surface area contributed by atoms with E-state index in [4.69, 9.17) is 9.73 Å². The number of benzene rings is 1. The molecule has 1 aliphatic heterocycles. The fourth-order valence-corrected chi connectivity index (χ4v) is 3.41. The van der Waals surface area contributed by atoms with Crippen molar-refractivity contribution in [1.82, 2.24) is 25.0 Å². The zero-order valence-corrected chi connectivity index (χ0v) is 19.3. The first-order valence-electron chi connectivity index (χ1n) is 9.71. The summed E-state index contributed by atoms with van der Waals surface area (Å²) < 4.78 is 6.68. The van der Waals surface area contributed by atoms with E-state index in [2.05, 4.69) is 45.4 Å². The van der Waals surface area contributed by atoms with Crippen LogP contribution in [0.25, 0.3) is 0 Å². The molecule has 0 unspecified atom stereocenters. The van der Waals surface area contributed by atoms with Crippen LogP contribution in [0.1, 0.15) is 30.9 Å². The second-order valence-corrected chi connectivity index (χ2v) is 6.87. The van der Waals surface area contributed by atoms with Crippen LogP contribution in [0.3, 0.4) is 0 Å². The van der Waals surface area contributed by atoms with Crippen LogP contribution in [0.15, 0.2) is 41.9 Å². The van der Waals surface area contributed by atoms with Crippen LogP contribution >= 0.6 is 24.0 Å². The van der Waals surface area contributed by atoms with Crippen LogP contribution in [-0.4, -0.2) is 58.3 Å². The van der Waals surface area contributed by atoms with Crippen LogP contribution in [-0.2, 0) is 22.6 Å². The standard InChI is InChI=1S/C20H28N6O2.HI/c1-3-22-20(25-9-7-18(8-10-25)19(27)28-2)23-12-16-5-4-6-17(11-16)13-26-15-21-14-24-26;/h4-6,11,14-15,18H,3,7-10,12-13H2,1-2H3,(H,22,23);1H. The molecule has 1 saturated heterocycles. The normalized spacial score (nSPS) is 15.0. The van der Waals surface area contributed by atoms with E-state index in [1.165, 1.54) is 12.7 Å². The molecule has 1 aliphatic rings. The van der Waals surface area contributed by atoms with Crippen molar-refractivity contribution in [1.29, 1.82) is 0 Å². The average Bonchev–Trinajstić information content (AvgIpc) is 3.24. The van der Waals surface area contributed by atoms with Gasteiger partial charge < -0.3 is 15.0 Å². The van der Waals surface area contributed by atoms with Crippen LogP contribution in [0.4, 0.5) is 0 Å². The number of nitrogens with one attached hydrogen (secondary N) is 1. The van der Waals surface area contributed by atoms with Crippen LogP contribution < -0.4 is 5.32 Å². The van der Waals surface area contributed by atoms with Gasteiger partial charge in [0, 0.05) is 19.6 Å². The Morgan fingerprint density at radius 3 is 2.72 bits per heavy atom. The topological polar surface area (TPSA) is 84.6 Å². The van der Waals surface area contributed by atoms with E-state index < -0.39 is 0 Å². The van der Waals surface area contributed by atoms with E-state index in [-0.39, 0.29) is 35.9 Å². The number of carbonyl (C=O) groups excluding carboxylic acids is 1. The minimum atomic E-state index is -0.106. The molecule has 0 spiro atoms. The van der Waals surface area contributed by atoms with Gasteiger partial charge in [-0.3, -0.25) is 4.79 Å². The molecule has 0 atom stereocenters. The van der Waals surface area contributed by atoms with Gasteiger partial charge in [0.1, 0.15) is 12.7 Å². The first kappa shape index (κ1) is 23.1. The highest BCUT2D eigenvalue weighted by Crippen LogP contribution is 2.18. The van der Waals surface area contributed by atoms with Crippen molar-refractivity contribution in [3.63, 3.8) is 0 Å². The molecule has 29 heavy (non-hydrogen) atoms. The van der Waals surface area contributed by atoms with Gasteiger partial charge in [-0.05, 0) is 30.9 Å². The molecular weight excluding hydrogens is 483 g/mol. The monoisotopic (exact) mass is 512 g/mol. The third kappa shape index (κ3) is 6.69. The number of guanidine groups is 1. The lowest BCUT2D eigenvalue weighted by molar-refractivity contribution is -0.146. The summed E-state index contributed by atoms with van der Waals surface area (Å²) in [5, 5.41) is 7.52. The molecule has 2 aromatic rings. The smallest absolute Gasteiger partial charge is 0.308 e. The molecule has 158 valence electrons. The lowest BCUT2D eigenvalue weighted by Gasteiger charge is -2.33. The number of halogens is 1. The number of rotatable bonds is 6. The average molecular weight is 512 g/mol. The Balaban J connectivity index is 0.00000300. The van der Waals surface area contributed by atoms with E-state index in [0.29, 0.717) is 13.1 Å². The van der Waals surface area contributed by atoms with Gasteiger partial charge >= 0.3 is 5.97 Å². The molecule has 1 fully saturated rings. The molecule has 0 radical (unpaired) electrons. The zero-order chi connectivity index (χ0) is 19.8. The molecule has 1 aromatic heterocycles. The molecule has 2 heterocycles. The second-order valence-electron chi connectivity index (χ2n) is 6.87. The number of likely N-dealkylation sites (tertiary alicyclic amines) is 1. The number of carbonyl (C=O) groups is 1. The molecule has 0 saturated carbocycles. The lowest BCUT2D eigenvalue weighted by atomic mass is 9.97. The maximum atomic E-state index is 11.7. The third-order valence-electron chi connectivity index (χ3n) is 4.88. The van der Waals surface area contributed by atoms with E-state index in [1.807, 2.05) is 6.07 Å². The van der Waals surface area contributed by atoms with E-state index in [9.17, 15) is 4.79 Å². The number of aliphatic imine (C=N–C) groups is 1. The lowest BCUT2D eigenvalue weighted by Crippen LogP contribution is -2.46. The highest BCUT2D eigenvalue weighted by atomic mass is 127.